The second-order valence-corrected chi connectivity index (χ2v) is 3.27. The molecule has 0 spiro atoms. The Balaban J connectivity index is 2.92. The van der Waals surface area contributed by atoms with Crippen molar-refractivity contribution in [1.82, 2.24) is 9.97 Å². The van der Waals surface area contributed by atoms with Gasteiger partial charge < -0.3 is 15.0 Å². The predicted molar refractivity (Wildman–Crippen MR) is 62.6 cm³/mol. The van der Waals surface area contributed by atoms with Crippen LogP contribution in [0.5, 0.6) is 5.75 Å². The van der Waals surface area contributed by atoms with Crippen LogP contribution in [0.1, 0.15) is 19.8 Å². The number of nitrogens with one attached hydrogen (secondary N) is 2. The highest BCUT2D eigenvalue weighted by molar-refractivity contribution is 5.48. The van der Waals surface area contributed by atoms with Crippen molar-refractivity contribution in [2.24, 2.45) is 0 Å². The lowest BCUT2D eigenvalue weighted by Gasteiger charge is -2.16. The van der Waals surface area contributed by atoms with Gasteiger partial charge in [-0.15, -0.1) is 12.3 Å². The number of terminal acetylenes is 1. The topological polar surface area (TPSA) is 67.0 Å². The molecule has 1 atom stereocenters. The summed E-state index contributed by atoms with van der Waals surface area (Å²) < 4.78 is 4.98. The Morgan fingerprint density at radius 3 is 3.06 bits per heavy atom. The molecule has 2 N–H and O–H groups in total. The van der Waals surface area contributed by atoms with Crippen molar-refractivity contribution in [1.29, 1.82) is 0 Å². The molecule has 1 aromatic heterocycles. The molecule has 0 saturated heterocycles. The quantitative estimate of drug-likeness (QED) is 0.728. The van der Waals surface area contributed by atoms with E-state index in [-0.39, 0.29) is 17.4 Å². The van der Waals surface area contributed by atoms with Crippen LogP contribution in [0.2, 0.25) is 0 Å². The molecular weight excluding hydrogens is 206 g/mol. The highest BCUT2D eigenvalue weighted by Gasteiger charge is 2.12. The van der Waals surface area contributed by atoms with Gasteiger partial charge in [-0.1, -0.05) is 6.92 Å². The first kappa shape index (κ1) is 12.1. The molecule has 0 aliphatic heterocycles. The Kier molecular flexibility index (Phi) is 4.40. The second kappa shape index (κ2) is 5.81. The molecule has 0 radical (unpaired) electrons. The molecule has 1 aromatic rings. The summed E-state index contributed by atoms with van der Waals surface area (Å²) in [6, 6.07) is 0.0909. The van der Waals surface area contributed by atoms with Crippen LogP contribution >= 0.6 is 0 Å². The summed E-state index contributed by atoms with van der Waals surface area (Å²) in [5, 5.41) is 3.09. The number of rotatable bonds is 5. The maximum atomic E-state index is 11.4. The van der Waals surface area contributed by atoms with E-state index in [9.17, 15) is 4.79 Å². The minimum Gasteiger partial charge on any atom is -0.489 e. The Bertz CT molecular complexity index is 434. The van der Waals surface area contributed by atoms with Crippen molar-refractivity contribution in [2.45, 2.75) is 25.8 Å². The first-order valence-corrected chi connectivity index (χ1v) is 5.04. The average Bonchev–Trinajstić information content (AvgIpc) is 2.28. The van der Waals surface area contributed by atoms with Crippen LogP contribution in [-0.4, -0.2) is 23.1 Å². The predicted octanol–water partition coefficient (Wildman–Crippen LogP) is 0.992. The fraction of sp³-hybridized carbons (Fsp3) is 0.455. The number of hydrogen-bond acceptors (Lipinski definition) is 4. The molecular formula is C11H15N3O2. The van der Waals surface area contributed by atoms with Crippen molar-refractivity contribution >= 4 is 5.82 Å². The van der Waals surface area contributed by atoms with E-state index in [1.807, 2.05) is 6.92 Å². The zero-order chi connectivity index (χ0) is 12.0. The lowest BCUT2D eigenvalue weighted by molar-refractivity contribution is 0.407. The van der Waals surface area contributed by atoms with Gasteiger partial charge in [0.2, 0.25) is 5.75 Å². The number of H-pyrrole nitrogens is 1. The van der Waals surface area contributed by atoms with E-state index in [4.69, 9.17) is 11.2 Å². The van der Waals surface area contributed by atoms with Crippen molar-refractivity contribution in [3.63, 3.8) is 0 Å². The second-order valence-electron chi connectivity index (χ2n) is 3.27. The average molecular weight is 221 g/mol. The summed E-state index contributed by atoms with van der Waals surface area (Å²) in [4.78, 5) is 17.9. The smallest absolute Gasteiger partial charge is 0.295 e. The fourth-order valence-electron chi connectivity index (χ4n) is 1.31. The minimum absolute atomic E-state index is 0.0909. The first-order chi connectivity index (χ1) is 7.72. The third kappa shape index (κ3) is 2.76. The third-order valence-corrected chi connectivity index (χ3v) is 2.21. The Morgan fingerprint density at radius 2 is 2.50 bits per heavy atom. The first-order valence-electron chi connectivity index (χ1n) is 5.04. The summed E-state index contributed by atoms with van der Waals surface area (Å²) >= 11 is 0. The molecule has 0 bridgehead atoms. The standard InChI is InChI=1S/C11H15N3O2/c1-4-6-8(5-2)14-10-9(16-3)11(15)13-7-12-10/h1,7-8H,5-6H2,2-3H3,(H2,12,13,14,15). The Labute approximate surface area is 94.2 Å². The molecule has 1 heterocycles. The zero-order valence-corrected chi connectivity index (χ0v) is 9.41. The SMILES string of the molecule is C#CCC(CC)Nc1nc[nH]c(=O)c1OC. The molecule has 5 nitrogen and oxygen atoms in total. The largest absolute Gasteiger partial charge is 0.489 e. The van der Waals surface area contributed by atoms with Gasteiger partial charge >= 0.3 is 0 Å². The Hall–Kier alpha value is -1.96. The molecule has 5 heteroatoms. The van der Waals surface area contributed by atoms with E-state index in [2.05, 4.69) is 21.2 Å². The van der Waals surface area contributed by atoms with Gasteiger partial charge in [-0.05, 0) is 6.42 Å². The zero-order valence-electron chi connectivity index (χ0n) is 9.41. The van der Waals surface area contributed by atoms with Crippen LogP contribution in [0, 0.1) is 12.3 Å². The van der Waals surface area contributed by atoms with Gasteiger partial charge in [0.05, 0.1) is 13.4 Å². The van der Waals surface area contributed by atoms with E-state index in [0.29, 0.717) is 12.2 Å². The van der Waals surface area contributed by atoms with Crippen LogP contribution in [-0.2, 0) is 0 Å². The highest BCUT2D eigenvalue weighted by Crippen LogP contribution is 2.17. The lowest BCUT2D eigenvalue weighted by atomic mass is 10.1. The lowest BCUT2D eigenvalue weighted by Crippen LogP contribution is -2.21. The molecule has 0 aliphatic rings. The Morgan fingerprint density at radius 1 is 1.75 bits per heavy atom. The van der Waals surface area contributed by atoms with E-state index in [1.54, 1.807) is 0 Å². The van der Waals surface area contributed by atoms with Gasteiger partial charge in [0.25, 0.3) is 5.56 Å². The molecule has 0 aromatic carbocycles. The van der Waals surface area contributed by atoms with Gasteiger partial charge in [-0.3, -0.25) is 4.79 Å². The number of methoxy groups -OCH3 is 1. The van der Waals surface area contributed by atoms with Gasteiger partial charge in [0.15, 0.2) is 5.82 Å². The molecule has 1 rings (SSSR count). The molecule has 0 fully saturated rings. The third-order valence-electron chi connectivity index (χ3n) is 2.21. The highest BCUT2D eigenvalue weighted by atomic mass is 16.5. The van der Waals surface area contributed by atoms with E-state index in [1.165, 1.54) is 13.4 Å². The van der Waals surface area contributed by atoms with Crippen LogP contribution in [0.3, 0.4) is 0 Å². The monoisotopic (exact) mass is 221 g/mol. The molecule has 0 saturated carbocycles. The number of hydrogen-bond donors (Lipinski definition) is 2. The molecule has 86 valence electrons. The van der Waals surface area contributed by atoms with Crippen LogP contribution < -0.4 is 15.6 Å². The molecule has 0 aliphatic carbocycles. The number of ether oxygens (including phenoxy) is 1. The maximum absolute atomic E-state index is 11.4. The van der Waals surface area contributed by atoms with Crippen molar-refractivity contribution < 1.29 is 4.74 Å². The van der Waals surface area contributed by atoms with Crippen LogP contribution in [0.25, 0.3) is 0 Å². The van der Waals surface area contributed by atoms with Crippen molar-refractivity contribution in [3.05, 3.63) is 16.7 Å². The summed E-state index contributed by atoms with van der Waals surface area (Å²) in [5.41, 5.74) is -0.310. The number of anilines is 1. The fourth-order valence-corrected chi connectivity index (χ4v) is 1.31. The summed E-state index contributed by atoms with van der Waals surface area (Å²) in [7, 11) is 1.43. The molecule has 1 unspecified atom stereocenters. The van der Waals surface area contributed by atoms with Crippen LogP contribution in [0.15, 0.2) is 11.1 Å². The number of nitrogens with zero attached hydrogens (tertiary/aromatic N) is 1. The minimum atomic E-state index is -0.310. The molecule has 16 heavy (non-hydrogen) atoms. The van der Waals surface area contributed by atoms with Gasteiger partial charge in [-0.25, -0.2) is 4.98 Å². The van der Waals surface area contributed by atoms with Gasteiger partial charge in [-0.2, -0.15) is 0 Å². The summed E-state index contributed by atoms with van der Waals surface area (Å²) in [6.07, 6.45) is 8.01. The number of aromatic nitrogens is 2. The van der Waals surface area contributed by atoms with Crippen molar-refractivity contribution in [3.8, 4) is 18.1 Å². The van der Waals surface area contributed by atoms with Crippen molar-refractivity contribution in [2.75, 3.05) is 12.4 Å². The van der Waals surface area contributed by atoms with E-state index >= 15 is 0 Å². The van der Waals surface area contributed by atoms with E-state index < -0.39 is 0 Å². The number of aromatic amines is 1. The summed E-state index contributed by atoms with van der Waals surface area (Å²) in [5.74, 6) is 3.18. The maximum Gasteiger partial charge on any atom is 0.295 e. The summed E-state index contributed by atoms with van der Waals surface area (Å²) in [6.45, 7) is 2.01. The molecule has 0 amide bonds. The van der Waals surface area contributed by atoms with Gasteiger partial charge in [0.1, 0.15) is 0 Å². The van der Waals surface area contributed by atoms with Crippen LogP contribution in [0.4, 0.5) is 5.82 Å². The van der Waals surface area contributed by atoms with E-state index in [0.717, 1.165) is 6.42 Å². The normalized spacial score (nSPS) is 11.6. The van der Waals surface area contributed by atoms with Gasteiger partial charge in [0, 0.05) is 12.5 Å².